The molecule has 368 valence electrons. The molecular formula is C61H94O3Si3. The maximum absolute atomic E-state index is 10.6. The summed E-state index contributed by atoms with van der Waals surface area (Å²) in [6.45, 7) is 38.7. The highest BCUT2D eigenvalue weighted by atomic mass is 28.3. The predicted octanol–water partition coefficient (Wildman–Crippen LogP) is 16.8. The van der Waals surface area contributed by atoms with Gasteiger partial charge in [0.1, 0.15) is 17.2 Å². The Morgan fingerprint density at radius 2 is 0.657 bits per heavy atom. The van der Waals surface area contributed by atoms with Gasteiger partial charge in [0, 0.05) is 8.07 Å². The van der Waals surface area contributed by atoms with Gasteiger partial charge in [0.2, 0.25) is 0 Å². The lowest BCUT2D eigenvalue weighted by Gasteiger charge is -2.24. The minimum atomic E-state index is -1.43. The van der Waals surface area contributed by atoms with E-state index in [9.17, 15) is 15.3 Å². The number of benzene rings is 5. The van der Waals surface area contributed by atoms with Crippen LogP contribution in [0.15, 0.2) is 97.1 Å². The molecule has 0 amide bonds. The van der Waals surface area contributed by atoms with Crippen LogP contribution in [0, 0.1) is 0 Å². The Balaban J connectivity index is 0.000000269. The smallest absolute Gasteiger partial charge is 0.122 e. The van der Waals surface area contributed by atoms with E-state index in [0.717, 1.165) is 78.3 Å². The minimum absolute atomic E-state index is 0.349. The lowest BCUT2D eigenvalue weighted by molar-refractivity contribution is 0.453. The predicted molar refractivity (Wildman–Crippen MR) is 305 cm³/mol. The zero-order chi connectivity index (χ0) is 50.3. The topological polar surface area (TPSA) is 60.7 Å². The van der Waals surface area contributed by atoms with Crippen molar-refractivity contribution in [3.8, 4) is 17.2 Å². The van der Waals surface area contributed by atoms with Crippen LogP contribution in [0.25, 0.3) is 0 Å². The zero-order valence-electron chi connectivity index (χ0n) is 45.5. The highest BCUT2D eigenvalue weighted by Gasteiger charge is 2.25. The van der Waals surface area contributed by atoms with Crippen molar-refractivity contribution in [1.29, 1.82) is 0 Å². The first-order valence-corrected chi connectivity index (χ1v) is 36.1. The second-order valence-electron chi connectivity index (χ2n) is 23.2. The van der Waals surface area contributed by atoms with E-state index in [-0.39, 0.29) is 0 Å². The van der Waals surface area contributed by atoms with E-state index in [1.165, 1.54) is 45.2 Å². The van der Waals surface area contributed by atoms with Gasteiger partial charge in [0.05, 0.1) is 16.1 Å². The van der Waals surface area contributed by atoms with Crippen molar-refractivity contribution in [2.45, 2.75) is 202 Å². The van der Waals surface area contributed by atoms with Crippen LogP contribution >= 0.6 is 0 Å². The van der Waals surface area contributed by atoms with Crippen LogP contribution in [0.4, 0.5) is 0 Å². The first-order valence-electron chi connectivity index (χ1n) is 26.0. The zero-order valence-corrected chi connectivity index (χ0v) is 48.5. The third kappa shape index (κ3) is 17.9. The second kappa shape index (κ2) is 26.2. The molecule has 5 rings (SSSR count). The Kier molecular flexibility index (Phi) is 22.5. The average Bonchev–Trinajstić information content (AvgIpc) is 3.27. The Hall–Kier alpha value is -3.85. The Morgan fingerprint density at radius 3 is 0.925 bits per heavy atom. The molecule has 0 aromatic heterocycles. The number of aryl methyl sites for hydroxylation is 5. The van der Waals surface area contributed by atoms with Crippen molar-refractivity contribution in [1.82, 2.24) is 0 Å². The largest absolute Gasteiger partial charge is 0.507 e. The monoisotopic (exact) mass is 959 g/mol. The third-order valence-electron chi connectivity index (χ3n) is 13.7. The number of hydrogen-bond acceptors (Lipinski definition) is 3. The fourth-order valence-corrected chi connectivity index (χ4v) is 14.6. The molecule has 3 nitrogen and oxygen atoms in total. The molecule has 5 aromatic rings. The van der Waals surface area contributed by atoms with Gasteiger partial charge in [-0.15, -0.1) is 0 Å². The van der Waals surface area contributed by atoms with E-state index in [4.69, 9.17) is 0 Å². The van der Waals surface area contributed by atoms with Crippen molar-refractivity contribution in [2.75, 3.05) is 0 Å². The normalized spacial score (nSPS) is 12.1. The van der Waals surface area contributed by atoms with Crippen molar-refractivity contribution in [2.24, 2.45) is 0 Å². The molecule has 0 saturated carbocycles. The summed E-state index contributed by atoms with van der Waals surface area (Å²) >= 11 is 0. The molecule has 0 unspecified atom stereocenters. The van der Waals surface area contributed by atoms with Gasteiger partial charge in [0.25, 0.3) is 0 Å². The van der Waals surface area contributed by atoms with E-state index in [1.807, 2.05) is 0 Å². The molecule has 5 aromatic carbocycles. The first kappa shape index (κ1) is 57.5. The molecule has 0 bridgehead atoms. The van der Waals surface area contributed by atoms with Crippen LogP contribution in [-0.4, -0.2) is 39.5 Å². The van der Waals surface area contributed by atoms with Gasteiger partial charge in [-0.3, -0.25) is 0 Å². The van der Waals surface area contributed by atoms with E-state index >= 15 is 0 Å². The van der Waals surface area contributed by atoms with Crippen LogP contribution < -0.4 is 10.4 Å². The summed E-state index contributed by atoms with van der Waals surface area (Å²) in [6.07, 6.45) is 7.44. The Morgan fingerprint density at radius 1 is 0.373 bits per heavy atom. The van der Waals surface area contributed by atoms with E-state index in [1.54, 1.807) is 0 Å². The Labute approximate surface area is 414 Å². The van der Waals surface area contributed by atoms with E-state index < -0.39 is 24.2 Å². The summed E-state index contributed by atoms with van der Waals surface area (Å²) < 4.78 is 0. The van der Waals surface area contributed by atoms with Crippen LogP contribution in [0.3, 0.4) is 0 Å². The molecule has 0 spiro atoms. The summed E-state index contributed by atoms with van der Waals surface area (Å²) in [5, 5.41) is 34.5. The highest BCUT2D eigenvalue weighted by molar-refractivity contribution is 6.90. The van der Waals surface area contributed by atoms with Gasteiger partial charge in [-0.05, 0) is 118 Å². The molecule has 0 saturated heterocycles. The summed E-state index contributed by atoms with van der Waals surface area (Å²) in [7, 11) is -3.84. The fraction of sp³-hybridized carbons (Fsp3) is 0.508. The lowest BCUT2D eigenvalue weighted by atomic mass is 9.91. The number of phenols is 3. The van der Waals surface area contributed by atoms with Crippen LogP contribution in [0.2, 0.25) is 64.0 Å². The minimum Gasteiger partial charge on any atom is -0.507 e. The standard InChI is InChI=1S/2C22H32OSi.C17H30OSi/c1-16(2)20-14-18(15-21(17(3)4)22(20)23)12-13-24(5,6)19-10-8-7-9-11-19;1-5-10-19-16-18(17-20(11-6-2)22(19)23)14-15-24(3,4)21-12-8-7-9-13-21;1-12(2)15-10-14(8-9-19(5,6)7)11-16(13(3)4)17(15)18/h7-11,14-17,23H,12-13H2,1-6H3;7-9,12-13,16-17,23H,5-6,10-11,14-15H2,1-4H3;10-13,18H,8-9H2,1-7H3. The molecule has 6 heteroatoms. The van der Waals surface area contributed by atoms with Gasteiger partial charge in [-0.2, -0.15) is 0 Å². The molecule has 0 atom stereocenters. The van der Waals surface area contributed by atoms with Gasteiger partial charge in [-0.1, -0.05) is 241 Å². The van der Waals surface area contributed by atoms with Gasteiger partial charge in [0.15, 0.2) is 0 Å². The van der Waals surface area contributed by atoms with Crippen molar-refractivity contribution in [3.63, 3.8) is 0 Å². The van der Waals surface area contributed by atoms with Crippen LogP contribution in [0.5, 0.6) is 17.2 Å². The van der Waals surface area contributed by atoms with Crippen molar-refractivity contribution >= 4 is 34.6 Å². The van der Waals surface area contributed by atoms with Gasteiger partial charge < -0.3 is 15.3 Å². The van der Waals surface area contributed by atoms with E-state index in [2.05, 4.69) is 212 Å². The number of hydrogen-bond donors (Lipinski definition) is 3. The molecule has 0 aliphatic heterocycles. The highest BCUT2D eigenvalue weighted by Crippen LogP contribution is 2.37. The maximum Gasteiger partial charge on any atom is 0.122 e. The fourth-order valence-electron chi connectivity index (χ4n) is 8.93. The summed E-state index contributed by atoms with van der Waals surface area (Å²) in [5.41, 5.74) is 10.8. The molecule has 3 N–H and O–H groups in total. The summed E-state index contributed by atoms with van der Waals surface area (Å²) in [6, 6.07) is 39.1. The Bertz CT molecular complexity index is 2160. The molecule has 0 aliphatic carbocycles. The second-order valence-corrected chi connectivity index (χ2v) is 38.5. The van der Waals surface area contributed by atoms with Gasteiger partial charge in [-0.25, -0.2) is 0 Å². The van der Waals surface area contributed by atoms with E-state index in [0.29, 0.717) is 40.9 Å². The maximum atomic E-state index is 10.6. The molecule has 0 fully saturated rings. The third-order valence-corrected chi connectivity index (χ3v) is 22.2. The first-order chi connectivity index (χ1) is 31.3. The number of rotatable bonds is 19. The average molecular weight is 960 g/mol. The number of aromatic hydroxyl groups is 3. The van der Waals surface area contributed by atoms with Crippen molar-refractivity contribution in [3.05, 3.63) is 147 Å². The molecule has 0 radical (unpaired) electrons. The molecule has 0 aliphatic rings. The SMILES string of the molecule is CC(C)c1cc(CC[Si](C)(C)C)cc(C(C)C)c1O.CC(C)c1cc(CC[Si](C)(C)c2ccccc2)cc(C(C)C)c1O.CCCc1cc(CC[Si](C)(C)c2ccccc2)cc(CCC)c1O. The summed E-state index contributed by atoms with van der Waals surface area (Å²) in [5.74, 6) is 3.02. The lowest BCUT2D eigenvalue weighted by Crippen LogP contribution is -2.41. The number of phenolic OH excluding ortho intramolecular Hbond substituents is 3. The van der Waals surface area contributed by atoms with Crippen LogP contribution in [-0.2, 0) is 32.1 Å². The summed E-state index contributed by atoms with van der Waals surface area (Å²) in [4.78, 5) is 0. The molecule has 67 heavy (non-hydrogen) atoms. The molecular weight excluding hydrogens is 865 g/mol. The van der Waals surface area contributed by atoms with Crippen LogP contribution in [0.1, 0.15) is 156 Å². The molecule has 0 heterocycles. The van der Waals surface area contributed by atoms with Crippen molar-refractivity contribution < 1.29 is 15.3 Å². The van der Waals surface area contributed by atoms with Gasteiger partial charge >= 0.3 is 0 Å². The quantitative estimate of drug-likeness (QED) is 0.0723.